The van der Waals surface area contributed by atoms with Crippen molar-refractivity contribution >= 4 is 17.7 Å². The minimum atomic E-state index is -0.585. The zero-order chi connectivity index (χ0) is 26.8. The SMILES string of the molecule is COC(=O)c1ccc([C@@H]2C(C(=O)OC3CCCC3)=C(C)NC3=C2C(=O)C[C@H](c2ccccc2OC)C3)cc1. The topological polar surface area (TPSA) is 90.9 Å². The predicted molar refractivity (Wildman–Crippen MR) is 142 cm³/mol. The number of esters is 2. The van der Waals surface area contributed by atoms with Crippen molar-refractivity contribution < 1.29 is 28.6 Å². The van der Waals surface area contributed by atoms with Crippen molar-refractivity contribution in [1.29, 1.82) is 0 Å². The first-order valence-corrected chi connectivity index (χ1v) is 13.2. The molecule has 1 saturated carbocycles. The van der Waals surface area contributed by atoms with Crippen molar-refractivity contribution in [3.63, 3.8) is 0 Å². The molecule has 5 rings (SSSR count). The van der Waals surface area contributed by atoms with Gasteiger partial charge in [0.25, 0.3) is 0 Å². The van der Waals surface area contributed by atoms with Crippen LogP contribution in [-0.4, -0.2) is 38.0 Å². The maximum absolute atomic E-state index is 13.8. The number of carbonyl (C=O) groups is 3. The molecule has 0 spiro atoms. The number of para-hydroxylation sites is 1. The molecule has 1 N–H and O–H groups in total. The molecule has 38 heavy (non-hydrogen) atoms. The van der Waals surface area contributed by atoms with Crippen LogP contribution in [0.15, 0.2) is 71.1 Å². The number of allylic oxidation sites excluding steroid dienone is 3. The summed E-state index contributed by atoms with van der Waals surface area (Å²) in [5, 5.41) is 3.40. The summed E-state index contributed by atoms with van der Waals surface area (Å²) in [5.41, 5.74) is 4.69. The van der Waals surface area contributed by atoms with Crippen LogP contribution in [0.3, 0.4) is 0 Å². The van der Waals surface area contributed by atoms with Crippen LogP contribution in [0.4, 0.5) is 0 Å². The Morgan fingerprint density at radius 1 is 0.921 bits per heavy atom. The van der Waals surface area contributed by atoms with Crippen LogP contribution in [0.2, 0.25) is 0 Å². The summed E-state index contributed by atoms with van der Waals surface area (Å²) in [5.74, 6) is -0.730. The molecule has 7 heteroatoms. The maximum atomic E-state index is 13.8. The van der Waals surface area contributed by atoms with Gasteiger partial charge in [-0.1, -0.05) is 30.3 Å². The zero-order valence-electron chi connectivity index (χ0n) is 22.0. The molecule has 0 amide bonds. The van der Waals surface area contributed by atoms with Crippen LogP contribution < -0.4 is 10.1 Å². The summed E-state index contributed by atoms with van der Waals surface area (Å²) >= 11 is 0. The number of carbonyl (C=O) groups excluding carboxylic acids is 3. The molecule has 3 aliphatic rings. The van der Waals surface area contributed by atoms with Crippen molar-refractivity contribution in [2.24, 2.45) is 0 Å². The highest BCUT2D eigenvalue weighted by Gasteiger charge is 2.42. The summed E-state index contributed by atoms with van der Waals surface area (Å²) in [6, 6.07) is 14.7. The van der Waals surface area contributed by atoms with E-state index in [0.717, 1.165) is 48.3 Å². The predicted octanol–water partition coefficient (Wildman–Crippen LogP) is 5.33. The number of methoxy groups -OCH3 is 2. The van der Waals surface area contributed by atoms with Crippen LogP contribution in [0.1, 0.15) is 78.8 Å². The standard InChI is InChI=1S/C31H33NO6/c1-18-27(31(35)38-22-8-4-5-9-22)28(19-12-14-20(15-13-19)30(34)37-3)29-24(32-18)16-21(17-25(29)33)23-10-6-7-11-26(23)36-2/h6-7,10-15,21-22,28,32H,4-5,8-9,16-17H2,1-3H3/t21-,28-/m1/s1. The van der Waals surface area contributed by atoms with Crippen LogP contribution in [0.25, 0.3) is 0 Å². The second-order valence-electron chi connectivity index (χ2n) is 10.2. The molecule has 2 atom stereocenters. The monoisotopic (exact) mass is 515 g/mol. The van der Waals surface area contributed by atoms with E-state index in [1.165, 1.54) is 7.11 Å². The lowest BCUT2D eigenvalue weighted by Gasteiger charge is -2.37. The minimum Gasteiger partial charge on any atom is -0.496 e. The lowest BCUT2D eigenvalue weighted by Crippen LogP contribution is -2.36. The molecule has 0 bridgehead atoms. The second-order valence-corrected chi connectivity index (χ2v) is 10.2. The summed E-state index contributed by atoms with van der Waals surface area (Å²) < 4.78 is 16.3. The van der Waals surface area contributed by atoms with Crippen molar-refractivity contribution in [2.75, 3.05) is 14.2 Å². The lowest BCUT2D eigenvalue weighted by molar-refractivity contribution is -0.144. The average Bonchev–Trinajstić information content (AvgIpc) is 3.44. The minimum absolute atomic E-state index is 0.0182. The van der Waals surface area contributed by atoms with E-state index in [9.17, 15) is 14.4 Å². The van der Waals surface area contributed by atoms with Crippen molar-refractivity contribution in [3.8, 4) is 5.75 Å². The van der Waals surface area contributed by atoms with Crippen molar-refractivity contribution in [2.45, 2.75) is 63.4 Å². The summed E-state index contributed by atoms with van der Waals surface area (Å²) in [7, 11) is 2.97. The highest BCUT2D eigenvalue weighted by molar-refractivity contribution is 6.04. The van der Waals surface area contributed by atoms with E-state index in [0.29, 0.717) is 35.2 Å². The molecule has 1 heterocycles. The fraction of sp³-hybridized carbons (Fsp3) is 0.387. The number of benzene rings is 2. The van der Waals surface area contributed by atoms with Gasteiger partial charge in [-0.2, -0.15) is 0 Å². The van der Waals surface area contributed by atoms with E-state index in [-0.39, 0.29) is 17.8 Å². The van der Waals surface area contributed by atoms with E-state index in [1.54, 1.807) is 31.4 Å². The molecule has 0 radical (unpaired) electrons. The van der Waals surface area contributed by atoms with Gasteiger partial charge in [-0.15, -0.1) is 0 Å². The Balaban J connectivity index is 1.55. The number of ketones is 1. The molecule has 7 nitrogen and oxygen atoms in total. The quantitative estimate of drug-likeness (QED) is 0.520. The number of dihydropyridines is 1. The first-order chi connectivity index (χ1) is 18.4. The Bertz CT molecular complexity index is 1320. The van der Waals surface area contributed by atoms with E-state index >= 15 is 0 Å². The fourth-order valence-corrected chi connectivity index (χ4v) is 6.02. The number of nitrogens with one attached hydrogen (secondary N) is 1. The Kier molecular flexibility index (Phi) is 7.36. The van der Waals surface area contributed by atoms with Crippen LogP contribution in [-0.2, 0) is 19.1 Å². The second kappa shape index (κ2) is 10.9. The highest BCUT2D eigenvalue weighted by atomic mass is 16.5. The van der Waals surface area contributed by atoms with E-state index in [2.05, 4.69) is 5.32 Å². The summed E-state index contributed by atoms with van der Waals surface area (Å²) in [6.07, 6.45) is 4.63. The van der Waals surface area contributed by atoms with Gasteiger partial charge < -0.3 is 19.5 Å². The largest absolute Gasteiger partial charge is 0.496 e. The first kappa shape index (κ1) is 25.8. The number of hydrogen-bond acceptors (Lipinski definition) is 7. The molecule has 2 aliphatic carbocycles. The molecule has 1 aliphatic heterocycles. The zero-order valence-corrected chi connectivity index (χ0v) is 22.0. The smallest absolute Gasteiger partial charge is 0.337 e. The highest BCUT2D eigenvalue weighted by Crippen LogP contribution is 2.47. The van der Waals surface area contributed by atoms with Crippen LogP contribution in [0, 0.1) is 0 Å². The van der Waals surface area contributed by atoms with Gasteiger partial charge in [-0.3, -0.25) is 4.79 Å². The molecule has 0 aromatic heterocycles. The van der Waals surface area contributed by atoms with Gasteiger partial charge in [0.2, 0.25) is 0 Å². The first-order valence-electron chi connectivity index (χ1n) is 13.2. The van der Waals surface area contributed by atoms with Gasteiger partial charge in [-0.25, -0.2) is 9.59 Å². The van der Waals surface area contributed by atoms with Gasteiger partial charge in [0, 0.05) is 35.2 Å². The molecule has 2 aromatic carbocycles. The molecule has 0 unspecified atom stereocenters. The van der Waals surface area contributed by atoms with E-state index in [1.807, 2.05) is 31.2 Å². The normalized spacial score (nSPS) is 21.6. The number of Topliss-reactive ketones (excluding diaryl/α,β-unsaturated/α-hetero) is 1. The van der Waals surface area contributed by atoms with Crippen molar-refractivity contribution in [3.05, 3.63) is 87.8 Å². The average molecular weight is 516 g/mol. The number of hydrogen-bond donors (Lipinski definition) is 1. The lowest BCUT2D eigenvalue weighted by atomic mass is 9.71. The molecule has 2 aromatic rings. The maximum Gasteiger partial charge on any atom is 0.337 e. The third-order valence-electron chi connectivity index (χ3n) is 7.87. The Labute approximate surface area is 222 Å². The van der Waals surface area contributed by atoms with Crippen molar-refractivity contribution in [1.82, 2.24) is 5.32 Å². The Morgan fingerprint density at radius 3 is 2.32 bits per heavy atom. The van der Waals surface area contributed by atoms with Gasteiger partial charge in [0.15, 0.2) is 5.78 Å². The number of ether oxygens (including phenoxy) is 3. The summed E-state index contributed by atoms with van der Waals surface area (Å²) in [6.45, 7) is 1.86. The van der Waals surface area contributed by atoms with Gasteiger partial charge in [-0.05, 0) is 68.4 Å². The van der Waals surface area contributed by atoms with E-state index in [4.69, 9.17) is 14.2 Å². The van der Waals surface area contributed by atoms with Crippen LogP contribution >= 0.6 is 0 Å². The molecular formula is C31H33NO6. The van der Waals surface area contributed by atoms with Crippen LogP contribution in [0.5, 0.6) is 5.75 Å². The third kappa shape index (κ3) is 4.85. The molecule has 198 valence electrons. The Hall–Kier alpha value is -3.87. The number of rotatable bonds is 6. The summed E-state index contributed by atoms with van der Waals surface area (Å²) in [4.78, 5) is 39.5. The van der Waals surface area contributed by atoms with E-state index < -0.39 is 17.9 Å². The molecule has 0 saturated heterocycles. The molecular weight excluding hydrogens is 482 g/mol. The van der Waals surface area contributed by atoms with Gasteiger partial charge in [0.05, 0.1) is 25.4 Å². The third-order valence-corrected chi connectivity index (χ3v) is 7.87. The van der Waals surface area contributed by atoms with Gasteiger partial charge in [0.1, 0.15) is 11.9 Å². The Morgan fingerprint density at radius 2 is 1.63 bits per heavy atom. The molecule has 1 fully saturated rings. The van der Waals surface area contributed by atoms with Gasteiger partial charge >= 0.3 is 11.9 Å². The fourth-order valence-electron chi connectivity index (χ4n) is 6.02.